The lowest BCUT2D eigenvalue weighted by Crippen LogP contribution is -2.48. The fraction of sp³-hybridized carbons (Fsp3) is 0.565. The molecular weight excluding hydrogens is 353 g/mol. The minimum Gasteiger partial charge on any atom is -0.375 e. The number of ether oxygens (including phenoxy) is 1. The van der Waals surface area contributed by atoms with Gasteiger partial charge in [0.25, 0.3) is 0 Å². The van der Waals surface area contributed by atoms with E-state index < -0.39 is 0 Å². The van der Waals surface area contributed by atoms with Gasteiger partial charge in [0.05, 0.1) is 11.8 Å². The summed E-state index contributed by atoms with van der Waals surface area (Å²) in [6.07, 6.45) is 11.9. The van der Waals surface area contributed by atoms with E-state index in [1.807, 2.05) is 12.3 Å². The van der Waals surface area contributed by atoms with Gasteiger partial charge in [0.2, 0.25) is 0 Å². The van der Waals surface area contributed by atoms with E-state index in [9.17, 15) is 4.39 Å². The second-order valence-electron chi connectivity index (χ2n) is 9.06. The highest BCUT2D eigenvalue weighted by Crippen LogP contribution is 2.61. The number of halogens is 1. The molecule has 3 fully saturated rings. The molecule has 28 heavy (non-hydrogen) atoms. The molecule has 1 spiro atoms. The summed E-state index contributed by atoms with van der Waals surface area (Å²) in [6, 6.07) is 7.82. The van der Waals surface area contributed by atoms with Crippen LogP contribution in [0.15, 0.2) is 42.9 Å². The molecule has 2 aromatic heterocycles. The van der Waals surface area contributed by atoms with E-state index in [0.717, 1.165) is 49.8 Å². The van der Waals surface area contributed by atoms with Crippen molar-refractivity contribution in [3.63, 3.8) is 0 Å². The maximum atomic E-state index is 13.3. The third-order valence-corrected chi connectivity index (χ3v) is 7.07. The number of fused-ring (bicyclic) bond motifs is 1. The highest BCUT2D eigenvalue weighted by atomic mass is 19.1. The van der Waals surface area contributed by atoms with Gasteiger partial charge in [0.1, 0.15) is 5.82 Å². The molecule has 148 valence electrons. The van der Waals surface area contributed by atoms with Crippen LogP contribution in [0, 0.1) is 17.7 Å². The van der Waals surface area contributed by atoms with E-state index in [-0.39, 0.29) is 16.8 Å². The third-order valence-electron chi connectivity index (χ3n) is 7.07. The number of aromatic nitrogens is 2. The fourth-order valence-corrected chi connectivity index (χ4v) is 5.68. The Morgan fingerprint density at radius 2 is 2.11 bits per heavy atom. The number of hydrogen-bond donors (Lipinski definition) is 1. The summed E-state index contributed by atoms with van der Waals surface area (Å²) in [6.45, 7) is 2.33. The molecular formula is C23H28FN3O. The molecule has 5 rings (SSSR count). The molecule has 4 nitrogen and oxygen atoms in total. The van der Waals surface area contributed by atoms with Crippen LogP contribution in [0.3, 0.4) is 0 Å². The summed E-state index contributed by atoms with van der Waals surface area (Å²) in [4.78, 5) is 8.70. The molecule has 3 unspecified atom stereocenters. The minimum absolute atomic E-state index is 0.0590. The number of pyridine rings is 2. The number of hydrogen-bond acceptors (Lipinski definition) is 4. The Hall–Kier alpha value is -1.85. The van der Waals surface area contributed by atoms with Crippen molar-refractivity contribution in [3.8, 4) is 0 Å². The molecule has 1 N–H and O–H groups in total. The Labute approximate surface area is 165 Å². The Morgan fingerprint density at radius 3 is 2.89 bits per heavy atom. The van der Waals surface area contributed by atoms with Gasteiger partial charge in [0, 0.05) is 36.7 Å². The zero-order valence-corrected chi connectivity index (χ0v) is 16.2. The van der Waals surface area contributed by atoms with E-state index in [1.54, 1.807) is 12.3 Å². The summed E-state index contributed by atoms with van der Waals surface area (Å²) in [5.41, 5.74) is 2.21. The van der Waals surface area contributed by atoms with Crippen molar-refractivity contribution in [1.82, 2.24) is 15.3 Å². The van der Waals surface area contributed by atoms with E-state index in [1.165, 1.54) is 31.2 Å². The molecule has 0 aromatic carbocycles. The van der Waals surface area contributed by atoms with Crippen molar-refractivity contribution in [2.75, 3.05) is 13.2 Å². The van der Waals surface area contributed by atoms with Crippen LogP contribution in [0.1, 0.15) is 49.8 Å². The Kier molecular flexibility index (Phi) is 4.68. The highest BCUT2D eigenvalue weighted by molar-refractivity contribution is 5.22. The molecule has 3 aliphatic rings. The molecule has 2 aliphatic carbocycles. The van der Waals surface area contributed by atoms with E-state index in [4.69, 9.17) is 9.72 Å². The quantitative estimate of drug-likeness (QED) is 0.768. The molecule has 3 heterocycles. The maximum absolute atomic E-state index is 13.3. The summed E-state index contributed by atoms with van der Waals surface area (Å²) in [5, 5.41) is 3.49. The molecule has 1 saturated heterocycles. The van der Waals surface area contributed by atoms with Gasteiger partial charge in [-0.1, -0.05) is 6.07 Å². The van der Waals surface area contributed by atoms with Crippen LogP contribution in [-0.2, 0) is 16.7 Å². The van der Waals surface area contributed by atoms with Crippen molar-refractivity contribution in [2.24, 2.45) is 11.8 Å². The van der Waals surface area contributed by atoms with Gasteiger partial charge in [-0.3, -0.25) is 9.97 Å². The zero-order valence-electron chi connectivity index (χ0n) is 16.2. The zero-order chi connectivity index (χ0) is 19.0. The largest absolute Gasteiger partial charge is 0.375 e. The lowest BCUT2D eigenvalue weighted by molar-refractivity contribution is -0.111. The number of nitrogens with one attached hydrogen (secondary N) is 1. The number of nitrogens with zero attached hydrogens (tertiary/aromatic N) is 2. The van der Waals surface area contributed by atoms with Crippen molar-refractivity contribution < 1.29 is 9.13 Å². The van der Waals surface area contributed by atoms with Crippen LogP contribution >= 0.6 is 0 Å². The molecule has 0 amide bonds. The summed E-state index contributed by atoms with van der Waals surface area (Å²) in [7, 11) is 0. The van der Waals surface area contributed by atoms with Gasteiger partial charge in [-0.15, -0.1) is 0 Å². The monoisotopic (exact) mass is 381 g/mol. The van der Waals surface area contributed by atoms with Gasteiger partial charge in [-0.05, 0) is 80.7 Å². The highest BCUT2D eigenvalue weighted by Gasteiger charge is 2.58. The molecule has 5 heteroatoms. The molecule has 1 aliphatic heterocycles. The van der Waals surface area contributed by atoms with Gasteiger partial charge in [-0.2, -0.15) is 0 Å². The van der Waals surface area contributed by atoms with E-state index >= 15 is 0 Å². The van der Waals surface area contributed by atoms with Crippen molar-refractivity contribution in [1.29, 1.82) is 0 Å². The van der Waals surface area contributed by atoms with Crippen LogP contribution < -0.4 is 5.32 Å². The predicted molar refractivity (Wildman–Crippen MR) is 105 cm³/mol. The second-order valence-corrected chi connectivity index (χ2v) is 9.06. The van der Waals surface area contributed by atoms with E-state index in [0.29, 0.717) is 6.54 Å². The van der Waals surface area contributed by atoms with Crippen LogP contribution in [0.5, 0.6) is 0 Å². The summed E-state index contributed by atoms with van der Waals surface area (Å²) < 4.78 is 19.7. The van der Waals surface area contributed by atoms with Crippen molar-refractivity contribution >= 4 is 0 Å². The fourth-order valence-electron chi connectivity index (χ4n) is 5.68. The first-order chi connectivity index (χ1) is 13.7. The first-order valence-electron chi connectivity index (χ1n) is 10.5. The standard InChI is InChI=1S/C23H28FN3O/c24-20-9-17(14-26-15-20)13-25-7-4-22(21-3-1-2-6-27-21)5-8-28-23(16-22)11-18-10-19(18)12-23/h1-3,6,9,14-15,18-19,25H,4-5,7-8,10-13,16H2. The average Bonchev–Trinajstić information content (AvgIpc) is 3.33. The second kappa shape index (κ2) is 7.20. The van der Waals surface area contributed by atoms with Gasteiger partial charge < -0.3 is 10.1 Å². The Balaban J connectivity index is 1.29. The lowest BCUT2D eigenvalue weighted by Gasteiger charge is -2.47. The molecule has 3 atom stereocenters. The van der Waals surface area contributed by atoms with Crippen LogP contribution in [-0.4, -0.2) is 28.7 Å². The smallest absolute Gasteiger partial charge is 0.141 e. The normalized spacial score (nSPS) is 33.8. The van der Waals surface area contributed by atoms with Gasteiger partial charge >= 0.3 is 0 Å². The topological polar surface area (TPSA) is 47.0 Å². The Morgan fingerprint density at radius 1 is 1.21 bits per heavy atom. The lowest BCUT2D eigenvalue weighted by atomic mass is 9.67. The summed E-state index contributed by atoms with van der Waals surface area (Å²) in [5.74, 6) is 1.52. The first kappa shape index (κ1) is 18.2. The molecule has 2 saturated carbocycles. The van der Waals surface area contributed by atoms with Gasteiger partial charge in [0.15, 0.2) is 0 Å². The van der Waals surface area contributed by atoms with Crippen LogP contribution in [0.4, 0.5) is 4.39 Å². The molecule has 0 radical (unpaired) electrons. The summed E-state index contributed by atoms with van der Waals surface area (Å²) >= 11 is 0. The van der Waals surface area contributed by atoms with E-state index in [2.05, 4.69) is 22.4 Å². The van der Waals surface area contributed by atoms with Crippen molar-refractivity contribution in [2.45, 2.75) is 56.1 Å². The van der Waals surface area contributed by atoms with Crippen molar-refractivity contribution in [3.05, 3.63) is 59.9 Å². The predicted octanol–water partition coefficient (Wildman–Crippen LogP) is 4.01. The first-order valence-corrected chi connectivity index (χ1v) is 10.5. The average molecular weight is 381 g/mol. The Bertz CT molecular complexity index is 820. The van der Waals surface area contributed by atoms with Gasteiger partial charge in [-0.25, -0.2) is 4.39 Å². The molecule has 2 aromatic rings. The SMILES string of the molecule is Fc1cncc(CNCCC2(c3ccccn3)CCOC3(CC4CC4C3)C2)c1. The van der Waals surface area contributed by atoms with Crippen LogP contribution in [0.25, 0.3) is 0 Å². The maximum Gasteiger partial charge on any atom is 0.141 e. The third kappa shape index (κ3) is 3.58. The minimum atomic E-state index is -0.282. The number of rotatable bonds is 6. The molecule has 0 bridgehead atoms. The van der Waals surface area contributed by atoms with Crippen LogP contribution in [0.2, 0.25) is 0 Å².